The van der Waals surface area contributed by atoms with Crippen molar-refractivity contribution in [3.05, 3.63) is 87.2 Å². The van der Waals surface area contributed by atoms with Gasteiger partial charge in [0.1, 0.15) is 11.3 Å². The second-order valence-electron chi connectivity index (χ2n) is 7.02. The van der Waals surface area contributed by atoms with Crippen molar-refractivity contribution < 1.29 is 13.7 Å². The Morgan fingerprint density at radius 1 is 1.17 bits per heavy atom. The maximum atomic E-state index is 13.5. The monoisotopic (exact) mass is 387 g/mol. The molecule has 7 nitrogen and oxygen atoms in total. The van der Waals surface area contributed by atoms with E-state index in [2.05, 4.69) is 10.1 Å². The maximum absolute atomic E-state index is 13.5. The van der Waals surface area contributed by atoms with Gasteiger partial charge in [0.25, 0.3) is 5.91 Å². The molecule has 3 aromatic heterocycles. The van der Waals surface area contributed by atoms with Crippen LogP contribution in [-0.4, -0.2) is 16.0 Å². The van der Waals surface area contributed by atoms with Gasteiger partial charge in [0.2, 0.25) is 5.76 Å². The number of carbonyl (C=O) groups excluding carboxylic acids is 1. The van der Waals surface area contributed by atoms with Gasteiger partial charge in [0, 0.05) is 18.5 Å². The van der Waals surface area contributed by atoms with E-state index in [4.69, 9.17) is 8.94 Å². The zero-order chi connectivity index (χ0) is 20.1. The molecule has 0 fully saturated rings. The fourth-order valence-electron chi connectivity index (χ4n) is 3.80. The Kier molecular flexibility index (Phi) is 3.84. The van der Waals surface area contributed by atoms with Crippen LogP contribution < -0.4 is 10.3 Å². The van der Waals surface area contributed by atoms with E-state index >= 15 is 0 Å². The fraction of sp³-hybridized carbons (Fsp3) is 0.182. The summed E-state index contributed by atoms with van der Waals surface area (Å²) in [4.78, 5) is 32.4. The number of pyridine rings is 1. The Balaban J connectivity index is 1.82. The second-order valence-corrected chi connectivity index (χ2v) is 7.02. The second kappa shape index (κ2) is 6.41. The molecule has 5 rings (SSSR count). The zero-order valence-corrected chi connectivity index (χ0v) is 15.9. The number of rotatable bonds is 3. The van der Waals surface area contributed by atoms with Gasteiger partial charge in [0.15, 0.2) is 11.2 Å². The summed E-state index contributed by atoms with van der Waals surface area (Å²) in [7, 11) is 0. The smallest absolute Gasteiger partial charge is 0.296 e. The summed E-state index contributed by atoms with van der Waals surface area (Å²) in [6, 6.07) is 10.0. The maximum Gasteiger partial charge on any atom is 0.296 e. The molecule has 0 bridgehead atoms. The molecule has 1 aromatic carbocycles. The van der Waals surface area contributed by atoms with Crippen LogP contribution in [0.1, 0.15) is 46.0 Å². The van der Waals surface area contributed by atoms with Gasteiger partial charge in [-0.05, 0) is 42.7 Å². The number of benzene rings is 1. The molecule has 4 heterocycles. The standard InChI is InChI=1S/C22H17N3O4/c1-3-13-6-7-16-15(10-13)20(26)18-19(14-5-4-8-23-11-14)25(22(27)21(18)28-16)17-9-12(2)29-24-17/h4-11,19H,3H2,1-2H3/t19-/m1/s1. The number of aromatic nitrogens is 2. The summed E-state index contributed by atoms with van der Waals surface area (Å²) >= 11 is 0. The number of nitrogens with zero attached hydrogens (tertiary/aromatic N) is 3. The molecule has 1 aliphatic rings. The highest BCUT2D eigenvalue weighted by molar-refractivity contribution is 6.10. The molecule has 1 aliphatic heterocycles. The lowest BCUT2D eigenvalue weighted by molar-refractivity contribution is 0.0969. The molecule has 0 saturated heterocycles. The highest BCUT2D eigenvalue weighted by Crippen LogP contribution is 2.40. The summed E-state index contributed by atoms with van der Waals surface area (Å²) in [5.41, 5.74) is 2.18. The summed E-state index contributed by atoms with van der Waals surface area (Å²) < 4.78 is 11.1. The molecule has 7 heteroatoms. The minimum absolute atomic E-state index is 0.0289. The number of aryl methyl sites for hydroxylation is 2. The Morgan fingerprint density at radius 3 is 2.72 bits per heavy atom. The molecule has 29 heavy (non-hydrogen) atoms. The molecule has 0 radical (unpaired) electrons. The molecular formula is C22H17N3O4. The van der Waals surface area contributed by atoms with Crippen molar-refractivity contribution >= 4 is 22.7 Å². The number of anilines is 1. The SMILES string of the molecule is CCc1ccc2oc3c(c(=O)c2c1)[C@@H](c1cccnc1)N(c1cc(C)on1)C3=O. The van der Waals surface area contributed by atoms with Crippen LogP contribution in [0.3, 0.4) is 0 Å². The van der Waals surface area contributed by atoms with E-state index in [1.807, 2.05) is 25.1 Å². The van der Waals surface area contributed by atoms with Crippen LogP contribution in [0, 0.1) is 6.92 Å². The van der Waals surface area contributed by atoms with Gasteiger partial charge in [-0.2, -0.15) is 0 Å². The van der Waals surface area contributed by atoms with E-state index in [1.165, 1.54) is 4.90 Å². The summed E-state index contributed by atoms with van der Waals surface area (Å²) in [5, 5.41) is 4.46. The molecule has 4 aromatic rings. The van der Waals surface area contributed by atoms with Crippen molar-refractivity contribution in [2.24, 2.45) is 0 Å². The van der Waals surface area contributed by atoms with Crippen molar-refractivity contribution in [2.45, 2.75) is 26.3 Å². The third kappa shape index (κ3) is 2.58. The molecule has 0 spiro atoms. The van der Waals surface area contributed by atoms with Gasteiger partial charge in [-0.3, -0.25) is 19.5 Å². The van der Waals surface area contributed by atoms with Crippen molar-refractivity contribution in [3.63, 3.8) is 0 Å². The lowest BCUT2D eigenvalue weighted by Crippen LogP contribution is -2.29. The van der Waals surface area contributed by atoms with Crippen molar-refractivity contribution in [1.29, 1.82) is 0 Å². The van der Waals surface area contributed by atoms with Crippen LogP contribution in [0.2, 0.25) is 0 Å². The van der Waals surface area contributed by atoms with Crippen LogP contribution in [0.25, 0.3) is 11.0 Å². The third-order valence-electron chi connectivity index (χ3n) is 5.21. The van der Waals surface area contributed by atoms with Gasteiger partial charge in [-0.25, -0.2) is 0 Å². The van der Waals surface area contributed by atoms with Crippen LogP contribution in [0.4, 0.5) is 5.82 Å². The number of hydrogen-bond acceptors (Lipinski definition) is 6. The molecule has 0 N–H and O–H groups in total. The quantitative estimate of drug-likeness (QED) is 0.531. The molecule has 0 aliphatic carbocycles. The molecule has 0 unspecified atom stereocenters. The van der Waals surface area contributed by atoms with Crippen molar-refractivity contribution in [3.8, 4) is 0 Å². The predicted octanol–water partition coefficient (Wildman–Crippen LogP) is 3.80. The van der Waals surface area contributed by atoms with Crippen molar-refractivity contribution in [2.75, 3.05) is 4.90 Å². The van der Waals surface area contributed by atoms with Gasteiger partial charge >= 0.3 is 0 Å². The Labute approximate surface area is 165 Å². The van der Waals surface area contributed by atoms with E-state index in [1.54, 1.807) is 37.5 Å². The number of fused-ring (bicyclic) bond motifs is 2. The molecule has 144 valence electrons. The Hall–Kier alpha value is -3.74. The highest BCUT2D eigenvalue weighted by Gasteiger charge is 2.45. The average molecular weight is 387 g/mol. The first-order valence-electron chi connectivity index (χ1n) is 9.35. The Morgan fingerprint density at radius 2 is 2.03 bits per heavy atom. The van der Waals surface area contributed by atoms with E-state index in [9.17, 15) is 9.59 Å². The Bertz CT molecular complexity index is 1310. The van der Waals surface area contributed by atoms with Gasteiger partial charge < -0.3 is 8.94 Å². The van der Waals surface area contributed by atoms with Gasteiger partial charge in [-0.1, -0.05) is 24.2 Å². The van der Waals surface area contributed by atoms with Crippen molar-refractivity contribution in [1.82, 2.24) is 10.1 Å². The van der Waals surface area contributed by atoms with Gasteiger partial charge in [-0.15, -0.1) is 0 Å². The van der Waals surface area contributed by atoms with Crippen LogP contribution in [0.5, 0.6) is 0 Å². The largest absolute Gasteiger partial charge is 0.450 e. The van der Waals surface area contributed by atoms with Crippen LogP contribution >= 0.6 is 0 Å². The summed E-state index contributed by atoms with van der Waals surface area (Å²) in [6.45, 7) is 3.76. The van der Waals surface area contributed by atoms with E-state index < -0.39 is 11.9 Å². The number of hydrogen-bond donors (Lipinski definition) is 0. The average Bonchev–Trinajstić information content (AvgIpc) is 3.30. The molecule has 1 amide bonds. The highest BCUT2D eigenvalue weighted by atomic mass is 16.5. The normalized spacial score (nSPS) is 15.9. The first kappa shape index (κ1) is 17.4. The minimum atomic E-state index is -0.693. The molecular weight excluding hydrogens is 370 g/mol. The number of amides is 1. The minimum Gasteiger partial charge on any atom is -0.450 e. The van der Waals surface area contributed by atoms with E-state index in [0.29, 0.717) is 33.7 Å². The topological polar surface area (TPSA) is 89.4 Å². The van der Waals surface area contributed by atoms with Crippen LogP contribution in [0.15, 0.2) is 62.5 Å². The van der Waals surface area contributed by atoms with E-state index in [0.717, 1.165) is 12.0 Å². The summed E-state index contributed by atoms with van der Waals surface area (Å²) in [6.07, 6.45) is 4.07. The first-order chi connectivity index (χ1) is 14.1. The zero-order valence-electron chi connectivity index (χ0n) is 15.9. The predicted molar refractivity (Wildman–Crippen MR) is 106 cm³/mol. The molecule has 0 saturated carbocycles. The third-order valence-corrected chi connectivity index (χ3v) is 5.21. The summed E-state index contributed by atoms with van der Waals surface area (Å²) in [5.74, 6) is 0.484. The lowest BCUT2D eigenvalue weighted by Gasteiger charge is -2.21. The van der Waals surface area contributed by atoms with Crippen LogP contribution in [-0.2, 0) is 6.42 Å². The van der Waals surface area contributed by atoms with Gasteiger partial charge in [0.05, 0.1) is 17.0 Å². The first-order valence-corrected chi connectivity index (χ1v) is 9.35. The van der Waals surface area contributed by atoms with E-state index in [-0.39, 0.29) is 11.2 Å². The molecule has 1 atom stereocenters. The number of carbonyl (C=O) groups is 1. The lowest BCUT2D eigenvalue weighted by atomic mass is 9.99. The fourth-order valence-corrected chi connectivity index (χ4v) is 3.80.